The zero-order valence-corrected chi connectivity index (χ0v) is 11.9. The molecule has 1 aliphatic heterocycles. The number of aryl methyl sites for hydroxylation is 1. The molecule has 0 radical (unpaired) electrons. The van der Waals surface area contributed by atoms with Gasteiger partial charge in [0.1, 0.15) is 0 Å². The van der Waals surface area contributed by atoms with Gasteiger partial charge in [0.05, 0.1) is 6.20 Å². The Labute approximate surface area is 120 Å². The second-order valence-corrected chi connectivity index (χ2v) is 5.41. The van der Waals surface area contributed by atoms with Gasteiger partial charge in [-0.05, 0) is 20.3 Å². The fraction of sp³-hybridized carbons (Fsp3) is 0.692. The van der Waals surface area contributed by atoms with E-state index >= 15 is 0 Å². The third-order valence-electron chi connectivity index (χ3n) is 4.26. The number of hydrogen-bond donors (Lipinski definition) is 1. The lowest BCUT2D eigenvalue weighted by Gasteiger charge is -2.29. The average molecular weight is 305 g/mol. The van der Waals surface area contributed by atoms with E-state index in [1.807, 2.05) is 6.92 Å². The van der Waals surface area contributed by atoms with Gasteiger partial charge in [0, 0.05) is 37.4 Å². The maximum absolute atomic E-state index is 13.1. The van der Waals surface area contributed by atoms with E-state index in [9.17, 15) is 18.0 Å². The first-order valence-electron chi connectivity index (χ1n) is 6.78. The minimum absolute atomic E-state index is 0.101. The predicted octanol–water partition coefficient (Wildman–Crippen LogP) is 2.30. The van der Waals surface area contributed by atoms with E-state index in [-0.39, 0.29) is 12.6 Å². The molecule has 1 aromatic heterocycles. The molecule has 0 aliphatic carbocycles. The highest BCUT2D eigenvalue weighted by Gasteiger charge is 2.63. The third kappa shape index (κ3) is 2.64. The predicted molar refractivity (Wildman–Crippen MR) is 68.6 cm³/mol. The van der Waals surface area contributed by atoms with Gasteiger partial charge >= 0.3 is 12.1 Å². The quantitative estimate of drug-likeness (QED) is 0.927. The van der Waals surface area contributed by atoms with E-state index in [2.05, 4.69) is 5.10 Å². The summed E-state index contributed by atoms with van der Waals surface area (Å²) < 4.78 is 41.1. The lowest BCUT2D eigenvalue weighted by molar-refractivity contribution is -0.227. The van der Waals surface area contributed by atoms with Crippen molar-refractivity contribution in [1.82, 2.24) is 14.7 Å². The molecule has 1 aliphatic rings. The second kappa shape index (κ2) is 5.32. The van der Waals surface area contributed by atoms with Gasteiger partial charge in [-0.3, -0.25) is 14.4 Å². The van der Waals surface area contributed by atoms with Gasteiger partial charge in [-0.25, -0.2) is 0 Å². The van der Waals surface area contributed by atoms with Crippen LogP contribution >= 0.6 is 0 Å². The van der Waals surface area contributed by atoms with Gasteiger partial charge in [-0.1, -0.05) is 0 Å². The van der Waals surface area contributed by atoms with Crippen molar-refractivity contribution in [3.63, 3.8) is 0 Å². The van der Waals surface area contributed by atoms with Gasteiger partial charge < -0.3 is 5.11 Å². The van der Waals surface area contributed by atoms with E-state index in [0.29, 0.717) is 6.54 Å². The summed E-state index contributed by atoms with van der Waals surface area (Å²) >= 11 is 0. The molecule has 1 aromatic rings. The van der Waals surface area contributed by atoms with Gasteiger partial charge in [-0.15, -0.1) is 0 Å². The number of alkyl halides is 3. The highest BCUT2D eigenvalue weighted by Crippen LogP contribution is 2.47. The maximum atomic E-state index is 13.1. The van der Waals surface area contributed by atoms with Crippen molar-refractivity contribution in [3.05, 3.63) is 18.0 Å². The highest BCUT2D eigenvalue weighted by atomic mass is 19.4. The fourth-order valence-corrected chi connectivity index (χ4v) is 2.68. The van der Waals surface area contributed by atoms with Crippen molar-refractivity contribution in [1.29, 1.82) is 0 Å². The van der Waals surface area contributed by atoms with Crippen LogP contribution in [0.3, 0.4) is 0 Å². The molecule has 5 nitrogen and oxygen atoms in total. The van der Waals surface area contributed by atoms with Crippen LogP contribution in [0.15, 0.2) is 12.4 Å². The molecule has 2 rings (SSSR count). The Hall–Kier alpha value is -1.57. The first-order valence-corrected chi connectivity index (χ1v) is 6.78. The first kappa shape index (κ1) is 15.8. The molecule has 0 bridgehead atoms. The summed E-state index contributed by atoms with van der Waals surface area (Å²) in [5.74, 6) is -1.80. The van der Waals surface area contributed by atoms with Crippen LogP contribution < -0.4 is 0 Å². The SMILES string of the molecule is CCn1cc(C(C)N2CCC(C(=O)O)(C(F)(F)F)C2)cn1. The van der Waals surface area contributed by atoms with Crippen LogP contribution in [0.5, 0.6) is 0 Å². The van der Waals surface area contributed by atoms with Crippen molar-refractivity contribution in [3.8, 4) is 0 Å². The summed E-state index contributed by atoms with van der Waals surface area (Å²) in [5, 5.41) is 13.1. The zero-order valence-electron chi connectivity index (χ0n) is 11.9. The molecule has 8 heteroatoms. The Morgan fingerprint density at radius 2 is 2.24 bits per heavy atom. The number of carbonyl (C=O) groups is 1. The van der Waals surface area contributed by atoms with Gasteiger partial charge in [0.2, 0.25) is 0 Å². The largest absolute Gasteiger partial charge is 0.481 e. The molecular formula is C13H18F3N3O2. The van der Waals surface area contributed by atoms with Crippen molar-refractivity contribution in [2.24, 2.45) is 5.41 Å². The number of aromatic nitrogens is 2. The van der Waals surface area contributed by atoms with Crippen LogP contribution in [0, 0.1) is 5.41 Å². The van der Waals surface area contributed by atoms with Gasteiger partial charge in [0.25, 0.3) is 0 Å². The Morgan fingerprint density at radius 1 is 1.57 bits per heavy atom. The van der Waals surface area contributed by atoms with Crippen molar-refractivity contribution >= 4 is 5.97 Å². The van der Waals surface area contributed by atoms with Crippen molar-refractivity contribution in [2.45, 2.75) is 39.0 Å². The molecule has 21 heavy (non-hydrogen) atoms. The molecule has 2 heterocycles. The van der Waals surface area contributed by atoms with Crippen LogP contribution in [-0.4, -0.2) is 45.0 Å². The van der Waals surface area contributed by atoms with Gasteiger partial charge in [0.15, 0.2) is 5.41 Å². The minimum atomic E-state index is -4.75. The molecule has 1 fully saturated rings. The number of rotatable bonds is 4. The summed E-state index contributed by atoms with van der Waals surface area (Å²) in [4.78, 5) is 12.7. The first-order chi connectivity index (χ1) is 9.71. The Balaban J connectivity index is 2.19. The van der Waals surface area contributed by atoms with E-state index in [1.165, 1.54) is 0 Å². The molecule has 2 unspecified atom stereocenters. The molecule has 0 aromatic carbocycles. The second-order valence-electron chi connectivity index (χ2n) is 5.41. The number of carboxylic acids is 1. The number of aliphatic carboxylic acids is 1. The number of halogens is 3. The Kier molecular flexibility index (Phi) is 4.01. The standard InChI is InChI=1S/C13H18F3N3O2/c1-3-19-7-10(6-17-19)9(2)18-5-4-12(8-18,11(20)21)13(14,15)16/h6-7,9H,3-5,8H2,1-2H3,(H,20,21). The lowest BCUT2D eigenvalue weighted by atomic mass is 9.86. The van der Waals surface area contributed by atoms with Crippen LogP contribution in [0.2, 0.25) is 0 Å². The van der Waals surface area contributed by atoms with Crippen LogP contribution in [0.25, 0.3) is 0 Å². The van der Waals surface area contributed by atoms with Crippen LogP contribution in [-0.2, 0) is 11.3 Å². The normalized spacial score (nSPS) is 25.2. The smallest absolute Gasteiger partial charge is 0.406 e. The number of carboxylic acid groups (broad SMARTS) is 1. The molecule has 1 saturated heterocycles. The number of likely N-dealkylation sites (tertiary alicyclic amines) is 1. The van der Waals surface area contributed by atoms with Crippen molar-refractivity contribution < 1.29 is 23.1 Å². The van der Waals surface area contributed by atoms with Crippen LogP contribution in [0.4, 0.5) is 13.2 Å². The molecule has 2 atom stereocenters. The molecule has 0 amide bonds. The fourth-order valence-electron chi connectivity index (χ4n) is 2.68. The Bertz CT molecular complexity index is 529. The summed E-state index contributed by atoms with van der Waals surface area (Å²) in [5.41, 5.74) is -1.87. The topological polar surface area (TPSA) is 58.4 Å². The highest BCUT2D eigenvalue weighted by molar-refractivity contribution is 5.76. The maximum Gasteiger partial charge on any atom is 0.406 e. The summed E-state index contributed by atoms with van der Waals surface area (Å²) in [6.45, 7) is 3.94. The zero-order chi connectivity index (χ0) is 15.8. The Morgan fingerprint density at radius 3 is 2.67 bits per heavy atom. The molecular weight excluding hydrogens is 287 g/mol. The summed E-state index contributed by atoms with van der Waals surface area (Å²) in [7, 11) is 0. The van der Waals surface area contributed by atoms with Gasteiger partial charge in [-0.2, -0.15) is 18.3 Å². The third-order valence-corrected chi connectivity index (χ3v) is 4.26. The van der Waals surface area contributed by atoms with E-state index in [4.69, 9.17) is 5.11 Å². The lowest BCUT2D eigenvalue weighted by Crippen LogP contribution is -2.47. The number of hydrogen-bond acceptors (Lipinski definition) is 3. The summed E-state index contributed by atoms with van der Waals surface area (Å²) in [6, 6.07) is -0.297. The molecule has 1 N–H and O–H groups in total. The monoisotopic (exact) mass is 305 g/mol. The van der Waals surface area contributed by atoms with Crippen molar-refractivity contribution in [2.75, 3.05) is 13.1 Å². The van der Waals surface area contributed by atoms with E-state index in [1.54, 1.807) is 28.9 Å². The molecule has 118 valence electrons. The molecule has 0 saturated carbocycles. The minimum Gasteiger partial charge on any atom is -0.481 e. The molecule has 0 spiro atoms. The van der Waals surface area contributed by atoms with Crippen LogP contribution in [0.1, 0.15) is 31.9 Å². The van der Waals surface area contributed by atoms with E-state index in [0.717, 1.165) is 5.56 Å². The number of nitrogens with zero attached hydrogens (tertiary/aromatic N) is 3. The van der Waals surface area contributed by atoms with E-state index < -0.39 is 30.5 Å². The average Bonchev–Trinajstić information content (AvgIpc) is 3.04. The summed E-state index contributed by atoms with van der Waals surface area (Å²) in [6.07, 6.45) is -1.78.